The minimum Gasteiger partial charge on any atom is -0.478 e. The number of benzene rings is 2. The average Bonchev–Trinajstić information content (AvgIpc) is 2.84. The van der Waals surface area contributed by atoms with Crippen molar-refractivity contribution in [2.75, 3.05) is 19.6 Å². The molecule has 1 fully saturated rings. The number of rotatable bonds is 5. The highest BCUT2D eigenvalue weighted by molar-refractivity contribution is 5.95. The van der Waals surface area contributed by atoms with Crippen LogP contribution in [-0.4, -0.2) is 58.6 Å². The van der Waals surface area contributed by atoms with Crippen molar-refractivity contribution in [2.45, 2.75) is 38.7 Å². The van der Waals surface area contributed by atoms with Crippen LogP contribution in [0.4, 0.5) is 26.3 Å². The molecule has 7 nitrogen and oxygen atoms in total. The number of carbonyl (C=O) groups is 3. The zero-order chi connectivity index (χ0) is 29.5. The molecule has 212 valence electrons. The topological polar surface area (TPSA) is 107 Å². The molecule has 1 amide bonds. The minimum absolute atomic E-state index is 0.0289. The molecule has 0 saturated carbocycles. The fourth-order valence-corrected chi connectivity index (χ4v) is 3.80. The molecule has 2 aromatic carbocycles. The first-order valence-electron chi connectivity index (χ1n) is 11.5. The highest BCUT2D eigenvalue weighted by Gasteiger charge is 2.38. The highest BCUT2D eigenvalue weighted by Crippen LogP contribution is 2.36. The Kier molecular flexibility index (Phi) is 10.3. The van der Waals surface area contributed by atoms with E-state index in [-0.39, 0.29) is 12.6 Å². The van der Waals surface area contributed by atoms with Crippen molar-refractivity contribution in [3.63, 3.8) is 0 Å². The normalized spacial score (nSPS) is 16.0. The summed E-state index contributed by atoms with van der Waals surface area (Å²) < 4.78 is 79.0. The van der Waals surface area contributed by atoms with E-state index in [0.29, 0.717) is 43.8 Å². The fraction of sp³-hybridized carbons (Fsp3) is 0.346. The molecule has 3 N–H and O–H groups in total. The van der Waals surface area contributed by atoms with Gasteiger partial charge in [-0.25, -0.2) is 9.59 Å². The number of hydrogen-bond acceptors (Lipinski definition) is 4. The lowest BCUT2D eigenvalue weighted by molar-refractivity contribution is -0.143. The van der Waals surface area contributed by atoms with E-state index in [1.54, 1.807) is 0 Å². The molecule has 1 atom stereocenters. The van der Waals surface area contributed by atoms with Gasteiger partial charge in [0.15, 0.2) is 0 Å². The molecule has 1 saturated heterocycles. The molecule has 0 unspecified atom stereocenters. The van der Waals surface area contributed by atoms with E-state index in [2.05, 4.69) is 5.32 Å². The number of nitrogens with zero attached hydrogens (tertiary/aromatic N) is 1. The lowest BCUT2D eigenvalue weighted by Crippen LogP contribution is -2.54. The third kappa shape index (κ3) is 9.43. The first kappa shape index (κ1) is 31.3. The number of amides is 1. The molecule has 2 aromatic rings. The van der Waals surface area contributed by atoms with Crippen molar-refractivity contribution in [1.29, 1.82) is 0 Å². The molecular weight excluding hydrogens is 534 g/mol. The van der Waals surface area contributed by atoms with Crippen molar-refractivity contribution in [3.05, 3.63) is 81.9 Å². The summed E-state index contributed by atoms with van der Waals surface area (Å²) in [5.74, 6) is -3.35. The molecule has 0 spiro atoms. The van der Waals surface area contributed by atoms with Gasteiger partial charge in [-0.15, -0.1) is 0 Å². The largest absolute Gasteiger partial charge is 0.478 e. The number of nitrogens with one attached hydrogen (secondary N) is 1. The molecule has 0 bridgehead atoms. The molecule has 0 aromatic heterocycles. The Morgan fingerprint density at radius 3 is 1.90 bits per heavy atom. The van der Waals surface area contributed by atoms with Crippen LogP contribution in [0.5, 0.6) is 0 Å². The van der Waals surface area contributed by atoms with Crippen LogP contribution in [-0.2, 0) is 28.4 Å². The number of carboxylic acid groups (broad SMARTS) is 2. The number of carbonyl (C=O) groups excluding carboxylic acids is 1. The van der Waals surface area contributed by atoms with Crippen molar-refractivity contribution in [2.24, 2.45) is 0 Å². The summed E-state index contributed by atoms with van der Waals surface area (Å²) in [4.78, 5) is 33.5. The lowest BCUT2D eigenvalue weighted by atomic mass is 9.97. The maximum atomic E-state index is 13.2. The monoisotopic (exact) mass is 560 g/mol. The van der Waals surface area contributed by atoms with Gasteiger partial charge >= 0.3 is 24.3 Å². The smallest absolute Gasteiger partial charge is 0.416 e. The minimum atomic E-state index is -5.00. The Morgan fingerprint density at radius 1 is 0.897 bits per heavy atom. The van der Waals surface area contributed by atoms with Gasteiger partial charge in [-0.2, -0.15) is 26.3 Å². The van der Waals surface area contributed by atoms with Crippen LogP contribution >= 0.6 is 0 Å². The van der Waals surface area contributed by atoms with E-state index >= 15 is 0 Å². The standard InChI is InChI=1S/C22H22F6N2O.C4H4O4/c1-13-3-4-15(7-14(13)2)8-19-12-29-5-6-30(19)20(31)16-9-17(21(23,24)25)11-18(10-16)22(26,27)28;5-3(6)1-2-4(7)8/h3-4,7,9-11,19,29H,5-6,8,12H2,1-2H3;1-2H,(H,5,6)(H,7,8)/b;2-1+/t19-;/m1./s1. The van der Waals surface area contributed by atoms with Crippen LogP contribution < -0.4 is 5.32 Å². The van der Waals surface area contributed by atoms with E-state index in [0.717, 1.165) is 16.7 Å². The third-order valence-corrected chi connectivity index (χ3v) is 5.86. The zero-order valence-corrected chi connectivity index (χ0v) is 20.9. The molecule has 13 heteroatoms. The van der Waals surface area contributed by atoms with Crippen LogP contribution in [0.15, 0.2) is 48.6 Å². The van der Waals surface area contributed by atoms with Gasteiger partial charge in [-0.05, 0) is 55.2 Å². The number of alkyl halides is 6. The Hall–Kier alpha value is -3.87. The molecule has 39 heavy (non-hydrogen) atoms. The summed E-state index contributed by atoms with van der Waals surface area (Å²) in [6.07, 6.45) is -8.45. The number of piperazine rings is 1. The van der Waals surface area contributed by atoms with Crippen molar-refractivity contribution in [1.82, 2.24) is 10.2 Å². The van der Waals surface area contributed by atoms with Gasteiger partial charge in [0, 0.05) is 43.4 Å². The van der Waals surface area contributed by atoms with Crippen molar-refractivity contribution in [3.8, 4) is 0 Å². The first-order valence-corrected chi connectivity index (χ1v) is 11.5. The maximum absolute atomic E-state index is 13.2. The van der Waals surface area contributed by atoms with Gasteiger partial charge in [0.1, 0.15) is 0 Å². The summed E-state index contributed by atoms with van der Waals surface area (Å²) >= 11 is 0. The summed E-state index contributed by atoms with van der Waals surface area (Å²) in [5.41, 5.74) is -0.504. The van der Waals surface area contributed by atoms with Crippen LogP contribution in [0.3, 0.4) is 0 Å². The number of aryl methyl sites for hydroxylation is 2. The summed E-state index contributed by atoms with van der Waals surface area (Å²) in [7, 11) is 0. The quantitative estimate of drug-likeness (QED) is 0.361. The molecule has 1 heterocycles. The molecule has 0 radical (unpaired) electrons. The zero-order valence-electron chi connectivity index (χ0n) is 20.9. The Morgan fingerprint density at radius 2 is 1.44 bits per heavy atom. The van der Waals surface area contributed by atoms with Gasteiger partial charge in [-0.1, -0.05) is 18.2 Å². The van der Waals surface area contributed by atoms with Crippen LogP contribution in [0.2, 0.25) is 0 Å². The second-order valence-electron chi connectivity index (χ2n) is 8.78. The molecule has 1 aliphatic rings. The molecule has 3 rings (SSSR count). The van der Waals surface area contributed by atoms with Gasteiger partial charge in [0.05, 0.1) is 11.1 Å². The second kappa shape index (κ2) is 12.8. The summed E-state index contributed by atoms with van der Waals surface area (Å²) in [6.45, 7) is 4.89. The highest BCUT2D eigenvalue weighted by atomic mass is 19.4. The number of aliphatic carboxylic acids is 2. The SMILES string of the molecule is Cc1ccc(C[C@@H]2CNCCN2C(=O)c2cc(C(F)(F)F)cc(C(F)(F)F)c2)cc1C.O=C(O)/C=C/C(=O)O. The van der Waals surface area contributed by atoms with Gasteiger partial charge in [-0.3, -0.25) is 4.79 Å². The Labute approximate surface area is 219 Å². The van der Waals surface area contributed by atoms with Crippen molar-refractivity contribution < 1.29 is 50.9 Å². The number of carboxylic acids is 2. The molecule has 1 aliphatic heterocycles. The third-order valence-electron chi connectivity index (χ3n) is 5.86. The van der Waals surface area contributed by atoms with Crippen molar-refractivity contribution >= 4 is 17.8 Å². The summed E-state index contributed by atoms with van der Waals surface area (Å²) in [6, 6.07) is 6.44. The Bertz CT molecular complexity index is 1190. The lowest BCUT2D eigenvalue weighted by Gasteiger charge is -2.36. The Balaban J connectivity index is 0.000000580. The van der Waals surface area contributed by atoms with Gasteiger partial charge in [0.25, 0.3) is 5.91 Å². The van der Waals surface area contributed by atoms with Crippen LogP contribution in [0, 0.1) is 13.8 Å². The fourth-order valence-electron chi connectivity index (χ4n) is 3.80. The van der Waals surface area contributed by atoms with E-state index < -0.39 is 52.9 Å². The van der Waals surface area contributed by atoms with Crippen LogP contribution in [0.25, 0.3) is 0 Å². The van der Waals surface area contributed by atoms with Gasteiger partial charge < -0.3 is 20.4 Å². The average molecular weight is 560 g/mol. The van der Waals surface area contributed by atoms with E-state index in [1.807, 2.05) is 32.0 Å². The number of hydrogen-bond donors (Lipinski definition) is 3. The first-order chi connectivity index (χ1) is 18.0. The summed E-state index contributed by atoms with van der Waals surface area (Å²) in [5, 5.41) is 18.8. The maximum Gasteiger partial charge on any atom is 0.416 e. The molecule has 0 aliphatic carbocycles. The number of halogens is 6. The predicted molar refractivity (Wildman–Crippen MR) is 128 cm³/mol. The van der Waals surface area contributed by atoms with Crippen LogP contribution in [0.1, 0.15) is 38.2 Å². The predicted octanol–water partition coefficient (Wildman–Crippen LogP) is 4.71. The van der Waals surface area contributed by atoms with E-state index in [4.69, 9.17) is 10.2 Å². The second-order valence-corrected chi connectivity index (χ2v) is 8.78. The molecular formula is C26H26F6N2O5. The van der Waals surface area contributed by atoms with E-state index in [9.17, 15) is 40.7 Å². The van der Waals surface area contributed by atoms with E-state index in [1.165, 1.54) is 4.90 Å². The van der Waals surface area contributed by atoms with Gasteiger partial charge in [0.2, 0.25) is 0 Å².